The molecule has 0 bridgehead atoms. The maximum atomic E-state index is 12.0. The molecule has 0 aliphatic heterocycles. The highest BCUT2D eigenvalue weighted by Crippen LogP contribution is 2.26. The van der Waals surface area contributed by atoms with E-state index in [9.17, 15) is 9.59 Å². The highest BCUT2D eigenvalue weighted by Gasteiger charge is 2.12. The van der Waals surface area contributed by atoms with Gasteiger partial charge in [0.1, 0.15) is 0 Å². The third-order valence-electron chi connectivity index (χ3n) is 3.25. The molecule has 3 aromatic rings. The van der Waals surface area contributed by atoms with Gasteiger partial charge in [0.15, 0.2) is 5.82 Å². The summed E-state index contributed by atoms with van der Waals surface area (Å²) in [4.78, 5) is 23.8. The Hall–Kier alpha value is -2.86. The number of hydrogen-bond donors (Lipinski definition) is 3. The Kier molecular flexibility index (Phi) is 4.25. The number of carbonyl (C=O) groups is 2. The molecule has 3 rings (SSSR count). The fourth-order valence-electron chi connectivity index (χ4n) is 2.13. The van der Waals surface area contributed by atoms with Crippen LogP contribution in [0.3, 0.4) is 0 Å². The Morgan fingerprint density at radius 3 is 2.65 bits per heavy atom. The van der Waals surface area contributed by atoms with Crippen LogP contribution in [0, 0.1) is 0 Å². The second kappa shape index (κ2) is 6.50. The van der Waals surface area contributed by atoms with Gasteiger partial charge in [-0.15, -0.1) is 0 Å². The molecule has 1 aromatic heterocycles. The lowest BCUT2D eigenvalue weighted by molar-refractivity contribution is -0.115. The molecular weight excluding hydrogens is 316 g/mol. The van der Waals surface area contributed by atoms with Crippen LogP contribution in [0.1, 0.15) is 10.4 Å². The maximum Gasteiger partial charge on any atom is 0.251 e. The van der Waals surface area contributed by atoms with Crippen LogP contribution in [0.5, 0.6) is 0 Å². The van der Waals surface area contributed by atoms with E-state index in [1.807, 2.05) is 6.07 Å². The van der Waals surface area contributed by atoms with E-state index in [-0.39, 0.29) is 18.4 Å². The predicted octanol–water partition coefficient (Wildman–Crippen LogP) is 2.58. The number of rotatable bonds is 4. The number of hydrogen-bond acceptors (Lipinski definition) is 3. The highest BCUT2D eigenvalue weighted by atomic mass is 35.5. The van der Waals surface area contributed by atoms with Crippen LogP contribution < -0.4 is 10.6 Å². The number of aromatic nitrogens is 2. The lowest BCUT2D eigenvalue weighted by atomic mass is 10.2. The first kappa shape index (κ1) is 15.1. The van der Waals surface area contributed by atoms with Gasteiger partial charge in [-0.25, -0.2) is 0 Å². The van der Waals surface area contributed by atoms with Gasteiger partial charge < -0.3 is 10.6 Å². The van der Waals surface area contributed by atoms with Crippen molar-refractivity contribution in [1.29, 1.82) is 0 Å². The van der Waals surface area contributed by atoms with Gasteiger partial charge in [0.2, 0.25) is 5.91 Å². The molecule has 0 spiro atoms. The van der Waals surface area contributed by atoms with E-state index in [4.69, 9.17) is 11.6 Å². The molecule has 1 heterocycles. The number of carbonyl (C=O) groups excluding carboxylic acids is 2. The monoisotopic (exact) mass is 328 g/mol. The van der Waals surface area contributed by atoms with Crippen LogP contribution >= 0.6 is 11.6 Å². The quantitative estimate of drug-likeness (QED) is 0.688. The maximum absolute atomic E-state index is 12.0. The largest absolute Gasteiger partial charge is 0.343 e. The summed E-state index contributed by atoms with van der Waals surface area (Å²) in [6.45, 7) is -0.150. The fraction of sp³-hybridized carbons (Fsp3) is 0.0625. The third kappa shape index (κ3) is 3.32. The number of benzene rings is 2. The van der Waals surface area contributed by atoms with Gasteiger partial charge in [0.25, 0.3) is 5.91 Å². The van der Waals surface area contributed by atoms with Gasteiger partial charge in [0, 0.05) is 10.9 Å². The summed E-state index contributed by atoms with van der Waals surface area (Å²) in [7, 11) is 0. The summed E-state index contributed by atoms with van der Waals surface area (Å²) in [5, 5.41) is 13.2. The van der Waals surface area contributed by atoms with E-state index in [1.165, 1.54) is 0 Å². The van der Waals surface area contributed by atoms with Crippen molar-refractivity contribution in [2.24, 2.45) is 0 Å². The number of nitrogens with zero attached hydrogens (tertiary/aromatic N) is 1. The fourth-order valence-corrected chi connectivity index (χ4v) is 2.35. The van der Waals surface area contributed by atoms with Crippen molar-refractivity contribution in [2.75, 3.05) is 11.9 Å². The summed E-state index contributed by atoms with van der Waals surface area (Å²) in [5.41, 5.74) is 1.15. The summed E-state index contributed by atoms with van der Waals surface area (Å²) in [6.07, 6.45) is 0. The highest BCUT2D eigenvalue weighted by molar-refractivity contribution is 6.35. The molecule has 0 fully saturated rings. The van der Waals surface area contributed by atoms with Crippen LogP contribution in [0.2, 0.25) is 5.02 Å². The lowest BCUT2D eigenvalue weighted by Crippen LogP contribution is -2.32. The van der Waals surface area contributed by atoms with Crippen molar-refractivity contribution in [3.63, 3.8) is 0 Å². The van der Waals surface area contributed by atoms with E-state index in [1.54, 1.807) is 42.5 Å². The molecule has 116 valence electrons. The summed E-state index contributed by atoms with van der Waals surface area (Å²) in [6, 6.07) is 14.0. The zero-order valence-corrected chi connectivity index (χ0v) is 12.7. The summed E-state index contributed by atoms with van der Waals surface area (Å²) in [5.74, 6) is -0.306. The Morgan fingerprint density at radius 1 is 1.09 bits per heavy atom. The minimum atomic E-state index is -0.373. The van der Waals surface area contributed by atoms with Crippen molar-refractivity contribution in [3.8, 4) is 0 Å². The minimum absolute atomic E-state index is 0.150. The van der Waals surface area contributed by atoms with Crippen molar-refractivity contribution < 1.29 is 9.59 Å². The number of amides is 2. The molecule has 2 amide bonds. The van der Waals surface area contributed by atoms with Gasteiger partial charge >= 0.3 is 0 Å². The normalized spacial score (nSPS) is 10.5. The van der Waals surface area contributed by atoms with Crippen molar-refractivity contribution in [2.45, 2.75) is 0 Å². The van der Waals surface area contributed by atoms with Gasteiger partial charge in [0.05, 0.1) is 17.1 Å². The second-order valence-electron chi connectivity index (χ2n) is 4.83. The Labute approximate surface area is 136 Å². The first-order chi connectivity index (χ1) is 11.1. The molecule has 0 saturated heterocycles. The number of H-pyrrole nitrogens is 1. The number of nitrogens with one attached hydrogen (secondary N) is 3. The summed E-state index contributed by atoms with van der Waals surface area (Å²) < 4.78 is 0. The van der Waals surface area contributed by atoms with Crippen LogP contribution in [0.15, 0.2) is 48.5 Å². The third-order valence-corrected chi connectivity index (χ3v) is 3.57. The van der Waals surface area contributed by atoms with Crippen molar-refractivity contribution in [1.82, 2.24) is 15.5 Å². The van der Waals surface area contributed by atoms with Crippen LogP contribution in [-0.2, 0) is 4.79 Å². The Balaban J connectivity index is 1.63. The van der Waals surface area contributed by atoms with Crippen LogP contribution in [0.4, 0.5) is 5.82 Å². The molecule has 0 radical (unpaired) electrons. The first-order valence-corrected chi connectivity index (χ1v) is 7.28. The molecule has 0 unspecified atom stereocenters. The van der Waals surface area contributed by atoms with Crippen molar-refractivity contribution in [3.05, 3.63) is 59.1 Å². The van der Waals surface area contributed by atoms with E-state index in [0.29, 0.717) is 27.3 Å². The molecule has 0 atom stereocenters. The number of aromatic amines is 1. The average molecular weight is 329 g/mol. The summed E-state index contributed by atoms with van der Waals surface area (Å²) >= 11 is 6.04. The lowest BCUT2D eigenvalue weighted by Gasteiger charge is -2.05. The average Bonchev–Trinajstić information content (AvgIpc) is 2.98. The minimum Gasteiger partial charge on any atom is -0.343 e. The van der Waals surface area contributed by atoms with Crippen molar-refractivity contribution >= 4 is 40.1 Å². The molecule has 7 heteroatoms. The number of anilines is 1. The molecule has 6 nitrogen and oxygen atoms in total. The van der Waals surface area contributed by atoms with Crippen LogP contribution in [-0.4, -0.2) is 28.6 Å². The smallest absolute Gasteiger partial charge is 0.251 e. The van der Waals surface area contributed by atoms with E-state index in [2.05, 4.69) is 20.8 Å². The topological polar surface area (TPSA) is 86.9 Å². The predicted molar refractivity (Wildman–Crippen MR) is 88.5 cm³/mol. The van der Waals surface area contributed by atoms with Gasteiger partial charge in [-0.1, -0.05) is 35.9 Å². The zero-order valence-electron chi connectivity index (χ0n) is 12.0. The Bertz CT molecular complexity index is 861. The second-order valence-corrected chi connectivity index (χ2v) is 5.24. The van der Waals surface area contributed by atoms with Gasteiger partial charge in [-0.3, -0.25) is 14.7 Å². The molecule has 0 saturated carbocycles. The van der Waals surface area contributed by atoms with E-state index in [0.717, 1.165) is 0 Å². The number of para-hydroxylation sites is 1. The molecule has 0 aliphatic rings. The van der Waals surface area contributed by atoms with E-state index >= 15 is 0 Å². The zero-order chi connectivity index (χ0) is 16.2. The Morgan fingerprint density at radius 2 is 1.87 bits per heavy atom. The van der Waals surface area contributed by atoms with E-state index < -0.39 is 0 Å². The molecule has 23 heavy (non-hydrogen) atoms. The molecule has 0 aliphatic carbocycles. The van der Waals surface area contributed by atoms with Gasteiger partial charge in [-0.2, -0.15) is 5.10 Å². The molecule has 3 N–H and O–H groups in total. The van der Waals surface area contributed by atoms with Gasteiger partial charge in [-0.05, 0) is 24.3 Å². The molecule has 2 aromatic carbocycles. The van der Waals surface area contributed by atoms with Crippen LogP contribution in [0.25, 0.3) is 10.9 Å². The number of halogens is 1. The molecular formula is C16H13ClN4O2. The first-order valence-electron chi connectivity index (χ1n) is 6.91. The standard InChI is InChI=1S/C16H13ClN4O2/c17-12-8-4-7-11-14(12)20-21-15(11)19-13(22)9-18-16(23)10-5-2-1-3-6-10/h1-8H,9H2,(H,18,23)(H2,19,20,21,22). The number of fused-ring (bicyclic) bond motifs is 1. The SMILES string of the molecule is O=C(CNC(=O)c1ccccc1)Nc1n[nH]c2c(Cl)cccc12.